The first-order valence-corrected chi connectivity index (χ1v) is 7.28. The molecule has 1 aromatic carbocycles. The fourth-order valence-corrected chi connectivity index (χ4v) is 2.08. The number of rotatable bonds is 6. The Morgan fingerprint density at radius 2 is 2.05 bits per heavy atom. The van der Waals surface area contributed by atoms with Gasteiger partial charge < -0.3 is 10.4 Å². The summed E-state index contributed by atoms with van der Waals surface area (Å²) in [6, 6.07) is 5.28. The minimum absolute atomic E-state index is 0.141. The van der Waals surface area contributed by atoms with Crippen LogP contribution in [0.15, 0.2) is 18.2 Å². The molecule has 0 fully saturated rings. The van der Waals surface area contributed by atoms with Crippen LogP contribution in [0, 0.1) is 12.3 Å². The molecule has 0 heterocycles. The normalized spacial score (nSPS) is 13.2. The Morgan fingerprint density at radius 3 is 2.55 bits per heavy atom. The molecular formula is C16H24ClNO2. The van der Waals surface area contributed by atoms with Crippen LogP contribution in [0.2, 0.25) is 5.02 Å². The summed E-state index contributed by atoms with van der Waals surface area (Å²) >= 11 is 6.07. The van der Waals surface area contributed by atoms with Gasteiger partial charge in [0.1, 0.15) is 6.04 Å². The molecule has 20 heavy (non-hydrogen) atoms. The van der Waals surface area contributed by atoms with Gasteiger partial charge in [-0.3, -0.25) is 4.79 Å². The van der Waals surface area contributed by atoms with Gasteiger partial charge in [0.05, 0.1) is 0 Å². The largest absolute Gasteiger partial charge is 0.480 e. The van der Waals surface area contributed by atoms with Crippen molar-refractivity contribution in [1.29, 1.82) is 0 Å². The van der Waals surface area contributed by atoms with Crippen LogP contribution in [-0.2, 0) is 11.3 Å². The highest BCUT2D eigenvalue weighted by Crippen LogP contribution is 2.22. The average Bonchev–Trinajstić information content (AvgIpc) is 2.31. The van der Waals surface area contributed by atoms with Gasteiger partial charge in [0.25, 0.3) is 0 Å². The Hall–Kier alpha value is -1.06. The highest BCUT2D eigenvalue weighted by Gasteiger charge is 2.20. The fourth-order valence-electron chi connectivity index (χ4n) is 1.88. The molecule has 0 spiro atoms. The van der Waals surface area contributed by atoms with Gasteiger partial charge in [-0.15, -0.1) is 0 Å². The molecule has 0 bridgehead atoms. The first-order chi connectivity index (χ1) is 9.19. The third-order valence-electron chi connectivity index (χ3n) is 3.27. The number of hydrogen-bond donors (Lipinski definition) is 2. The van der Waals surface area contributed by atoms with Gasteiger partial charge >= 0.3 is 5.97 Å². The molecule has 0 aromatic heterocycles. The van der Waals surface area contributed by atoms with Crippen molar-refractivity contribution < 1.29 is 9.90 Å². The summed E-state index contributed by atoms with van der Waals surface area (Å²) in [4.78, 5) is 11.3. The summed E-state index contributed by atoms with van der Waals surface area (Å²) in [7, 11) is 0. The number of benzene rings is 1. The molecule has 112 valence electrons. The minimum Gasteiger partial charge on any atom is -0.480 e. The van der Waals surface area contributed by atoms with E-state index < -0.39 is 12.0 Å². The fraction of sp³-hybridized carbons (Fsp3) is 0.562. The third-order valence-corrected chi connectivity index (χ3v) is 3.68. The molecule has 0 saturated carbocycles. The summed E-state index contributed by atoms with van der Waals surface area (Å²) in [5, 5.41) is 13.1. The van der Waals surface area contributed by atoms with Crippen molar-refractivity contribution >= 4 is 17.6 Å². The molecule has 0 amide bonds. The molecule has 1 rings (SSSR count). The van der Waals surface area contributed by atoms with Crippen LogP contribution >= 0.6 is 11.6 Å². The zero-order valence-electron chi connectivity index (χ0n) is 12.7. The molecule has 1 aromatic rings. The lowest BCUT2D eigenvalue weighted by Crippen LogP contribution is -2.37. The Bertz CT molecular complexity index is 466. The van der Waals surface area contributed by atoms with Crippen molar-refractivity contribution in [3.05, 3.63) is 34.3 Å². The van der Waals surface area contributed by atoms with E-state index in [1.165, 1.54) is 0 Å². The first-order valence-electron chi connectivity index (χ1n) is 6.90. The van der Waals surface area contributed by atoms with Gasteiger partial charge in [0.15, 0.2) is 0 Å². The second-order valence-electron chi connectivity index (χ2n) is 6.45. The number of carboxylic acids is 1. The number of halogens is 1. The Balaban J connectivity index is 2.58. The van der Waals surface area contributed by atoms with E-state index in [9.17, 15) is 9.90 Å². The van der Waals surface area contributed by atoms with Crippen LogP contribution in [0.1, 0.15) is 44.7 Å². The second kappa shape index (κ2) is 7.09. The van der Waals surface area contributed by atoms with E-state index in [0.29, 0.717) is 18.0 Å². The van der Waals surface area contributed by atoms with Gasteiger partial charge in [-0.1, -0.05) is 44.5 Å². The van der Waals surface area contributed by atoms with Crippen LogP contribution < -0.4 is 5.32 Å². The van der Waals surface area contributed by atoms with Crippen LogP contribution in [-0.4, -0.2) is 17.1 Å². The molecule has 3 nitrogen and oxygen atoms in total. The number of carbonyl (C=O) groups is 1. The zero-order valence-corrected chi connectivity index (χ0v) is 13.4. The van der Waals surface area contributed by atoms with E-state index >= 15 is 0 Å². The van der Waals surface area contributed by atoms with Crippen molar-refractivity contribution in [3.8, 4) is 0 Å². The quantitative estimate of drug-likeness (QED) is 0.834. The SMILES string of the molecule is Cc1ccc(CNC(CCC(C)(C)C)C(=O)O)cc1Cl. The zero-order chi connectivity index (χ0) is 15.3. The predicted molar refractivity (Wildman–Crippen MR) is 83.1 cm³/mol. The van der Waals surface area contributed by atoms with Crippen molar-refractivity contribution in [1.82, 2.24) is 5.32 Å². The Morgan fingerprint density at radius 1 is 1.40 bits per heavy atom. The topological polar surface area (TPSA) is 49.3 Å². The smallest absolute Gasteiger partial charge is 0.320 e. The van der Waals surface area contributed by atoms with E-state index in [0.717, 1.165) is 17.5 Å². The van der Waals surface area contributed by atoms with E-state index in [1.807, 2.05) is 25.1 Å². The number of hydrogen-bond acceptors (Lipinski definition) is 2. The van der Waals surface area contributed by atoms with Gasteiger partial charge in [0.2, 0.25) is 0 Å². The molecular weight excluding hydrogens is 274 g/mol. The highest BCUT2D eigenvalue weighted by atomic mass is 35.5. The van der Waals surface area contributed by atoms with Crippen molar-refractivity contribution in [2.24, 2.45) is 5.41 Å². The van der Waals surface area contributed by atoms with Crippen LogP contribution in [0.4, 0.5) is 0 Å². The lowest BCUT2D eigenvalue weighted by molar-refractivity contribution is -0.139. The Kier molecular flexibility index (Phi) is 6.03. The van der Waals surface area contributed by atoms with Crippen molar-refractivity contribution in [3.63, 3.8) is 0 Å². The molecule has 0 aliphatic rings. The maximum Gasteiger partial charge on any atom is 0.320 e. The van der Waals surface area contributed by atoms with Crippen LogP contribution in [0.3, 0.4) is 0 Å². The monoisotopic (exact) mass is 297 g/mol. The summed E-state index contributed by atoms with van der Waals surface area (Å²) in [6.07, 6.45) is 1.49. The van der Waals surface area contributed by atoms with Gasteiger partial charge in [0, 0.05) is 11.6 Å². The standard InChI is InChI=1S/C16H24ClNO2/c1-11-5-6-12(9-13(11)17)10-18-14(15(19)20)7-8-16(2,3)4/h5-6,9,14,18H,7-8,10H2,1-4H3,(H,19,20). The molecule has 0 aliphatic carbocycles. The average molecular weight is 298 g/mol. The molecule has 0 aliphatic heterocycles. The van der Waals surface area contributed by atoms with Gasteiger partial charge in [-0.25, -0.2) is 0 Å². The molecule has 0 saturated heterocycles. The van der Waals surface area contributed by atoms with Crippen LogP contribution in [0.25, 0.3) is 0 Å². The van der Waals surface area contributed by atoms with Crippen LogP contribution in [0.5, 0.6) is 0 Å². The number of carboxylic acid groups (broad SMARTS) is 1. The van der Waals surface area contributed by atoms with E-state index in [4.69, 9.17) is 11.6 Å². The van der Waals surface area contributed by atoms with Gasteiger partial charge in [-0.2, -0.15) is 0 Å². The predicted octanol–water partition coefficient (Wildman–Crippen LogP) is 4.02. The maximum absolute atomic E-state index is 11.3. The Labute approximate surface area is 126 Å². The lowest BCUT2D eigenvalue weighted by Gasteiger charge is -2.21. The van der Waals surface area contributed by atoms with Crippen molar-refractivity contribution in [2.75, 3.05) is 0 Å². The summed E-state index contributed by atoms with van der Waals surface area (Å²) < 4.78 is 0. The first kappa shape index (κ1) is 17.0. The van der Waals surface area contributed by atoms with Crippen molar-refractivity contribution in [2.45, 2.75) is 53.1 Å². The number of nitrogens with one attached hydrogen (secondary N) is 1. The van der Waals surface area contributed by atoms with Gasteiger partial charge in [-0.05, 0) is 42.4 Å². The summed E-state index contributed by atoms with van der Waals surface area (Å²) in [5.74, 6) is -0.799. The summed E-state index contributed by atoms with van der Waals surface area (Å²) in [5.41, 5.74) is 2.17. The summed E-state index contributed by atoms with van der Waals surface area (Å²) in [6.45, 7) is 8.81. The highest BCUT2D eigenvalue weighted by molar-refractivity contribution is 6.31. The van der Waals surface area contributed by atoms with E-state index in [-0.39, 0.29) is 5.41 Å². The lowest BCUT2D eigenvalue weighted by atomic mass is 9.88. The van der Waals surface area contributed by atoms with E-state index in [1.54, 1.807) is 0 Å². The maximum atomic E-state index is 11.3. The molecule has 1 atom stereocenters. The number of aliphatic carboxylic acids is 1. The molecule has 1 unspecified atom stereocenters. The molecule has 0 radical (unpaired) electrons. The number of aryl methyl sites for hydroxylation is 1. The molecule has 4 heteroatoms. The second-order valence-corrected chi connectivity index (χ2v) is 6.86. The minimum atomic E-state index is -0.799. The third kappa shape index (κ3) is 5.93. The van der Waals surface area contributed by atoms with E-state index in [2.05, 4.69) is 26.1 Å². The molecule has 2 N–H and O–H groups in total.